The average molecular weight is 396 g/mol. The molecule has 0 amide bonds. The minimum absolute atomic E-state index is 0.519. The van der Waals surface area contributed by atoms with E-state index in [0.717, 1.165) is 12.6 Å². The molecule has 1 heteroatoms. The van der Waals surface area contributed by atoms with Crippen LogP contribution in [0, 0.1) is 0 Å². The van der Waals surface area contributed by atoms with E-state index in [4.69, 9.17) is 0 Å². The molecule has 29 heavy (non-hydrogen) atoms. The van der Waals surface area contributed by atoms with Crippen molar-refractivity contribution in [3.8, 4) is 0 Å². The highest BCUT2D eigenvalue weighted by atomic mass is 31.2. The first-order chi connectivity index (χ1) is 14.3. The summed E-state index contributed by atoms with van der Waals surface area (Å²) in [6.07, 6.45) is 2.28. The van der Waals surface area contributed by atoms with Crippen molar-refractivity contribution in [3.05, 3.63) is 127 Å². The van der Waals surface area contributed by atoms with Crippen molar-refractivity contribution >= 4 is 23.2 Å². The highest BCUT2D eigenvalue weighted by Crippen LogP contribution is 2.58. The van der Waals surface area contributed by atoms with Gasteiger partial charge in [0.2, 0.25) is 0 Å². The zero-order chi connectivity index (χ0) is 19.9. The lowest BCUT2D eigenvalue weighted by atomic mass is 9.99. The van der Waals surface area contributed by atoms with Crippen LogP contribution >= 0.6 is 7.26 Å². The van der Waals surface area contributed by atoms with Crippen molar-refractivity contribution in [1.82, 2.24) is 0 Å². The van der Waals surface area contributed by atoms with Crippen LogP contribution < -0.4 is 15.9 Å². The fourth-order valence-electron chi connectivity index (χ4n) is 4.34. The van der Waals surface area contributed by atoms with E-state index >= 15 is 0 Å². The summed E-state index contributed by atoms with van der Waals surface area (Å²) in [5, 5.41) is 4.39. The van der Waals surface area contributed by atoms with E-state index in [-0.39, 0.29) is 0 Å². The van der Waals surface area contributed by atoms with Crippen LogP contribution in [-0.2, 0) is 0 Å². The molecule has 0 bridgehead atoms. The van der Waals surface area contributed by atoms with Gasteiger partial charge in [0.15, 0.2) is 0 Å². The number of hydrogen-bond acceptors (Lipinski definition) is 0. The fourth-order valence-corrected chi connectivity index (χ4v) is 9.04. The lowest BCUT2D eigenvalue weighted by Crippen LogP contribution is -2.35. The van der Waals surface area contributed by atoms with Crippen molar-refractivity contribution < 1.29 is 0 Å². The Labute approximate surface area is 175 Å². The van der Waals surface area contributed by atoms with Gasteiger partial charge >= 0.3 is 0 Å². The van der Waals surface area contributed by atoms with Crippen LogP contribution in [-0.4, -0.2) is 6.16 Å². The zero-order valence-electron chi connectivity index (χ0n) is 17.0. The van der Waals surface area contributed by atoms with Crippen molar-refractivity contribution in [2.75, 3.05) is 6.16 Å². The number of hydrogen-bond donors (Lipinski definition) is 0. The number of benzene rings is 4. The first-order valence-corrected chi connectivity index (χ1v) is 12.4. The Bertz CT molecular complexity index is 898. The lowest BCUT2D eigenvalue weighted by molar-refractivity contribution is 0.740. The molecule has 0 heterocycles. The highest BCUT2D eigenvalue weighted by Gasteiger charge is 2.46. The minimum atomic E-state index is -1.79. The summed E-state index contributed by atoms with van der Waals surface area (Å²) in [4.78, 5) is 0. The van der Waals surface area contributed by atoms with Crippen LogP contribution in [0.2, 0.25) is 0 Å². The van der Waals surface area contributed by atoms with Gasteiger partial charge in [-0.1, -0.05) is 91.9 Å². The molecule has 0 saturated heterocycles. The van der Waals surface area contributed by atoms with Gasteiger partial charge in [0.25, 0.3) is 0 Å². The molecule has 0 aliphatic heterocycles. The second-order valence-corrected chi connectivity index (χ2v) is 11.0. The maximum atomic E-state index is 2.34. The molecule has 0 fully saturated rings. The van der Waals surface area contributed by atoms with E-state index < -0.39 is 7.26 Å². The largest absolute Gasteiger partial charge is 0.112 e. The molecule has 4 aromatic carbocycles. The van der Waals surface area contributed by atoms with Crippen molar-refractivity contribution in [2.24, 2.45) is 0 Å². The van der Waals surface area contributed by atoms with Gasteiger partial charge in [-0.25, -0.2) is 0 Å². The van der Waals surface area contributed by atoms with Gasteiger partial charge in [0.05, 0.1) is 6.16 Å². The summed E-state index contributed by atoms with van der Waals surface area (Å²) < 4.78 is 0. The van der Waals surface area contributed by atoms with Crippen molar-refractivity contribution in [2.45, 2.75) is 19.3 Å². The first-order valence-electron chi connectivity index (χ1n) is 10.4. The van der Waals surface area contributed by atoms with E-state index in [1.54, 1.807) is 0 Å². The van der Waals surface area contributed by atoms with E-state index in [2.05, 4.69) is 128 Å². The van der Waals surface area contributed by atoms with Gasteiger partial charge < -0.3 is 0 Å². The minimum Gasteiger partial charge on any atom is -0.0647 e. The van der Waals surface area contributed by atoms with Crippen LogP contribution in [0.3, 0.4) is 0 Å². The Kier molecular flexibility index (Phi) is 6.23. The molecular weight excluding hydrogens is 367 g/mol. The van der Waals surface area contributed by atoms with Crippen molar-refractivity contribution in [1.29, 1.82) is 0 Å². The van der Waals surface area contributed by atoms with Crippen LogP contribution in [0.5, 0.6) is 0 Å². The van der Waals surface area contributed by atoms with E-state index in [1.807, 2.05) is 0 Å². The third-order valence-electron chi connectivity index (χ3n) is 5.85. The van der Waals surface area contributed by atoms with Crippen LogP contribution in [0.1, 0.15) is 24.8 Å². The normalized spacial score (nSPS) is 12.4. The summed E-state index contributed by atoms with van der Waals surface area (Å²) >= 11 is 0. The Morgan fingerprint density at radius 3 is 1.21 bits per heavy atom. The number of rotatable bonds is 7. The van der Waals surface area contributed by atoms with E-state index in [0.29, 0.717) is 5.92 Å². The molecule has 4 aromatic rings. The molecule has 0 aliphatic carbocycles. The smallest absolute Gasteiger partial charge is 0.0647 e. The third kappa shape index (κ3) is 4.04. The molecule has 0 saturated carbocycles. The fraction of sp³-hybridized carbons (Fsp3) is 0.143. The van der Waals surface area contributed by atoms with E-state index in [1.165, 1.54) is 21.5 Å². The van der Waals surface area contributed by atoms with Gasteiger partial charge in [-0.05, 0) is 48.4 Å². The zero-order valence-corrected chi connectivity index (χ0v) is 17.9. The first kappa shape index (κ1) is 19.6. The Morgan fingerprint density at radius 2 is 0.862 bits per heavy atom. The van der Waals surface area contributed by atoms with Crippen LogP contribution in [0.4, 0.5) is 0 Å². The molecule has 0 aliphatic rings. The Hall–Kier alpha value is -2.69. The standard InChI is InChI=1S/C28H28P/c1-2-24(25-15-7-3-8-16-25)23-29(26-17-9-4-10-18-26,27-19-11-5-12-20-27)28-21-13-6-14-22-28/h3-22,24H,2,23H2,1H3/q+1. The van der Waals surface area contributed by atoms with E-state index in [9.17, 15) is 0 Å². The molecule has 144 valence electrons. The van der Waals surface area contributed by atoms with Gasteiger partial charge in [-0.2, -0.15) is 0 Å². The Balaban J connectivity index is 1.95. The quantitative estimate of drug-likeness (QED) is 0.328. The van der Waals surface area contributed by atoms with Gasteiger partial charge in [-0.15, -0.1) is 0 Å². The van der Waals surface area contributed by atoms with Gasteiger partial charge in [-0.3, -0.25) is 0 Å². The lowest BCUT2D eigenvalue weighted by Gasteiger charge is -2.31. The summed E-state index contributed by atoms with van der Waals surface area (Å²) in [6.45, 7) is 2.33. The Morgan fingerprint density at radius 1 is 0.517 bits per heavy atom. The predicted molar refractivity (Wildman–Crippen MR) is 129 cm³/mol. The van der Waals surface area contributed by atoms with Crippen molar-refractivity contribution in [3.63, 3.8) is 0 Å². The summed E-state index contributed by atoms with van der Waals surface area (Å²) in [7, 11) is -1.79. The summed E-state index contributed by atoms with van der Waals surface area (Å²) in [5.41, 5.74) is 1.45. The molecular formula is C28H28P+. The molecule has 4 rings (SSSR count). The maximum absolute atomic E-state index is 2.34. The predicted octanol–water partition coefficient (Wildman–Crippen LogP) is 6.17. The molecule has 1 atom stereocenters. The highest BCUT2D eigenvalue weighted by molar-refractivity contribution is 7.95. The molecule has 0 radical (unpaired) electrons. The maximum Gasteiger partial charge on any atom is 0.112 e. The molecule has 0 spiro atoms. The summed E-state index contributed by atoms with van der Waals surface area (Å²) in [6, 6.07) is 44.6. The van der Waals surface area contributed by atoms with Gasteiger partial charge in [0.1, 0.15) is 23.2 Å². The average Bonchev–Trinajstić information content (AvgIpc) is 2.82. The topological polar surface area (TPSA) is 0 Å². The monoisotopic (exact) mass is 395 g/mol. The second-order valence-electron chi connectivity index (χ2n) is 7.51. The summed E-state index contributed by atoms with van der Waals surface area (Å²) in [5.74, 6) is 0.519. The van der Waals surface area contributed by atoms with Crippen LogP contribution in [0.15, 0.2) is 121 Å². The molecule has 0 aromatic heterocycles. The molecule has 0 N–H and O–H groups in total. The second kappa shape index (κ2) is 9.21. The third-order valence-corrected chi connectivity index (χ3v) is 10.4. The van der Waals surface area contributed by atoms with Crippen LogP contribution in [0.25, 0.3) is 0 Å². The SMILES string of the molecule is CCC(C[P+](c1ccccc1)(c1ccccc1)c1ccccc1)c1ccccc1. The van der Waals surface area contributed by atoms with Gasteiger partial charge in [0, 0.05) is 5.92 Å². The molecule has 1 unspecified atom stereocenters. The molecule has 0 nitrogen and oxygen atoms in total.